The summed E-state index contributed by atoms with van der Waals surface area (Å²) in [6, 6.07) is 0.969. The summed E-state index contributed by atoms with van der Waals surface area (Å²) < 4.78 is 0. The van der Waals surface area contributed by atoms with Crippen LogP contribution in [0.15, 0.2) is 12.4 Å². The fourth-order valence-electron chi connectivity index (χ4n) is 2.73. The van der Waals surface area contributed by atoms with E-state index in [9.17, 15) is 0 Å². The molecule has 16 heavy (non-hydrogen) atoms. The molecule has 90 valence electrons. The molecule has 1 fully saturated rings. The van der Waals surface area contributed by atoms with E-state index in [1.165, 1.54) is 19.3 Å². The number of aromatic amines is 1. The molecular weight excluding hydrogens is 198 g/mol. The molecule has 0 spiro atoms. The molecule has 4 atom stereocenters. The van der Waals surface area contributed by atoms with Crippen LogP contribution >= 0.6 is 0 Å². The van der Waals surface area contributed by atoms with Gasteiger partial charge in [-0.3, -0.25) is 0 Å². The van der Waals surface area contributed by atoms with Crippen molar-refractivity contribution >= 4 is 0 Å². The number of aromatic nitrogens is 2. The highest BCUT2D eigenvalue weighted by Gasteiger charge is 2.28. The van der Waals surface area contributed by atoms with Crippen molar-refractivity contribution in [1.29, 1.82) is 0 Å². The molecule has 2 rings (SSSR count). The molecule has 0 aliphatic heterocycles. The summed E-state index contributed by atoms with van der Waals surface area (Å²) in [6.07, 6.45) is 7.75. The highest BCUT2D eigenvalue weighted by Crippen LogP contribution is 2.30. The summed E-state index contributed by atoms with van der Waals surface area (Å²) in [5.41, 5.74) is 0. The Labute approximate surface area is 98.1 Å². The van der Waals surface area contributed by atoms with E-state index < -0.39 is 0 Å². The normalized spacial score (nSPS) is 32.6. The van der Waals surface area contributed by atoms with Gasteiger partial charge in [0, 0.05) is 18.4 Å². The monoisotopic (exact) mass is 221 g/mol. The van der Waals surface area contributed by atoms with E-state index in [0.29, 0.717) is 12.1 Å². The Kier molecular flexibility index (Phi) is 3.64. The van der Waals surface area contributed by atoms with E-state index in [4.69, 9.17) is 0 Å². The number of H-pyrrole nitrogens is 1. The maximum Gasteiger partial charge on any atom is 0.122 e. The second-order valence-corrected chi connectivity index (χ2v) is 5.24. The Balaban J connectivity index is 1.93. The van der Waals surface area contributed by atoms with E-state index in [2.05, 4.69) is 36.1 Å². The van der Waals surface area contributed by atoms with Gasteiger partial charge in [-0.25, -0.2) is 4.98 Å². The van der Waals surface area contributed by atoms with Crippen LogP contribution < -0.4 is 5.32 Å². The molecule has 1 heterocycles. The van der Waals surface area contributed by atoms with Crippen molar-refractivity contribution in [2.45, 2.75) is 52.1 Å². The van der Waals surface area contributed by atoms with Crippen LogP contribution in [0.5, 0.6) is 0 Å². The molecule has 0 bridgehead atoms. The van der Waals surface area contributed by atoms with Crippen LogP contribution in [0.3, 0.4) is 0 Å². The molecule has 3 nitrogen and oxygen atoms in total. The van der Waals surface area contributed by atoms with Crippen LogP contribution in [0.2, 0.25) is 0 Å². The molecule has 1 aliphatic rings. The maximum atomic E-state index is 4.31. The minimum Gasteiger partial charge on any atom is -0.347 e. The zero-order chi connectivity index (χ0) is 11.5. The van der Waals surface area contributed by atoms with Crippen LogP contribution in [-0.2, 0) is 0 Å². The SMILES string of the molecule is CC(NC1CCCC(C)C1C)c1ncc[nH]1. The summed E-state index contributed by atoms with van der Waals surface area (Å²) in [5.74, 6) is 2.66. The Morgan fingerprint density at radius 2 is 2.25 bits per heavy atom. The number of hydrogen-bond acceptors (Lipinski definition) is 2. The van der Waals surface area contributed by atoms with Gasteiger partial charge in [0.25, 0.3) is 0 Å². The van der Waals surface area contributed by atoms with Gasteiger partial charge in [0.2, 0.25) is 0 Å². The first kappa shape index (κ1) is 11.6. The Hall–Kier alpha value is -0.830. The number of imidazole rings is 1. The molecule has 1 aliphatic carbocycles. The van der Waals surface area contributed by atoms with Crippen molar-refractivity contribution in [2.24, 2.45) is 11.8 Å². The van der Waals surface area contributed by atoms with Gasteiger partial charge in [0.05, 0.1) is 6.04 Å². The minimum absolute atomic E-state index is 0.327. The fourth-order valence-corrected chi connectivity index (χ4v) is 2.73. The number of hydrogen-bond donors (Lipinski definition) is 2. The number of nitrogens with zero attached hydrogens (tertiary/aromatic N) is 1. The van der Waals surface area contributed by atoms with Gasteiger partial charge < -0.3 is 10.3 Å². The third-order valence-electron chi connectivity index (χ3n) is 4.10. The summed E-state index contributed by atoms with van der Waals surface area (Å²) in [5, 5.41) is 3.71. The topological polar surface area (TPSA) is 40.7 Å². The summed E-state index contributed by atoms with van der Waals surface area (Å²) in [6.45, 7) is 6.93. The Morgan fingerprint density at radius 1 is 1.44 bits per heavy atom. The summed E-state index contributed by atoms with van der Waals surface area (Å²) in [7, 11) is 0. The van der Waals surface area contributed by atoms with Crippen molar-refractivity contribution in [3.05, 3.63) is 18.2 Å². The third kappa shape index (κ3) is 2.46. The van der Waals surface area contributed by atoms with Crippen LogP contribution in [0.25, 0.3) is 0 Å². The Bertz CT molecular complexity index is 307. The molecule has 1 saturated carbocycles. The lowest BCUT2D eigenvalue weighted by Gasteiger charge is -2.36. The van der Waals surface area contributed by atoms with Gasteiger partial charge in [0.1, 0.15) is 5.82 Å². The average Bonchev–Trinajstić information content (AvgIpc) is 2.78. The molecule has 1 aromatic rings. The Morgan fingerprint density at radius 3 is 2.94 bits per heavy atom. The van der Waals surface area contributed by atoms with Crippen molar-refractivity contribution in [3.8, 4) is 0 Å². The minimum atomic E-state index is 0.327. The van der Waals surface area contributed by atoms with Crippen molar-refractivity contribution in [3.63, 3.8) is 0 Å². The lowest BCUT2D eigenvalue weighted by Crippen LogP contribution is -2.41. The van der Waals surface area contributed by atoms with E-state index in [-0.39, 0.29) is 0 Å². The fraction of sp³-hybridized carbons (Fsp3) is 0.769. The van der Waals surface area contributed by atoms with E-state index in [1.54, 1.807) is 0 Å². The molecule has 0 amide bonds. The van der Waals surface area contributed by atoms with Crippen molar-refractivity contribution in [2.75, 3.05) is 0 Å². The van der Waals surface area contributed by atoms with Crippen LogP contribution in [0.1, 0.15) is 51.9 Å². The van der Waals surface area contributed by atoms with Crippen LogP contribution in [0.4, 0.5) is 0 Å². The van der Waals surface area contributed by atoms with Gasteiger partial charge in [-0.2, -0.15) is 0 Å². The van der Waals surface area contributed by atoms with E-state index in [0.717, 1.165) is 17.7 Å². The number of nitrogens with one attached hydrogen (secondary N) is 2. The molecule has 0 aromatic carbocycles. The molecule has 4 unspecified atom stereocenters. The molecule has 3 heteroatoms. The first-order chi connectivity index (χ1) is 7.68. The lowest BCUT2D eigenvalue weighted by molar-refractivity contribution is 0.195. The second kappa shape index (κ2) is 5.00. The van der Waals surface area contributed by atoms with E-state index in [1.807, 2.05) is 12.4 Å². The first-order valence-corrected chi connectivity index (χ1v) is 6.44. The summed E-state index contributed by atoms with van der Waals surface area (Å²) in [4.78, 5) is 7.49. The van der Waals surface area contributed by atoms with Gasteiger partial charge in [-0.15, -0.1) is 0 Å². The quantitative estimate of drug-likeness (QED) is 0.824. The first-order valence-electron chi connectivity index (χ1n) is 6.44. The zero-order valence-electron chi connectivity index (χ0n) is 10.5. The highest BCUT2D eigenvalue weighted by atomic mass is 15.0. The standard InChI is InChI=1S/C13H23N3/c1-9-5-4-6-12(10(9)2)16-11(3)13-14-7-8-15-13/h7-12,16H,4-6H2,1-3H3,(H,14,15). The molecule has 0 radical (unpaired) electrons. The highest BCUT2D eigenvalue weighted by molar-refractivity contribution is 4.96. The second-order valence-electron chi connectivity index (χ2n) is 5.24. The van der Waals surface area contributed by atoms with Crippen LogP contribution in [-0.4, -0.2) is 16.0 Å². The van der Waals surface area contributed by atoms with Gasteiger partial charge >= 0.3 is 0 Å². The largest absolute Gasteiger partial charge is 0.347 e. The summed E-state index contributed by atoms with van der Waals surface area (Å²) >= 11 is 0. The van der Waals surface area contributed by atoms with Gasteiger partial charge in [-0.1, -0.05) is 26.7 Å². The lowest BCUT2D eigenvalue weighted by atomic mass is 9.78. The molecule has 2 N–H and O–H groups in total. The molecular formula is C13H23N3. The smallest absolute Gasteiger partial charge is 0.122 e. The zero-order valence-corrected chi connectivity index (χ0v) is 10.5. The third-order valence-corrected chi connectivity index (χ3v) is 4.10. The average molecular weight is 221 g/mol. The van der Waals surface area contributed by atoms with Gasteiger partial charge in [-0.05, 0) is 25.2 Å². The van der Waals surface area contributed by atoms with Crippen LogP contribution in [0, 0.1) is 11.8 Å². The predicted molar refractivity (Wildman–Crippen MR) is 66.1 cm³/mol. The van der Waals surface area contributed by atoms with Crippen molar-refractivity contribution in [1.82, 2.24) is 15.3 Å². The predicted octanol–water partition coefficient (Wildman–Crippen LogP) is 2.89. The maximum absolute atomic E-state index is 4.31. The molecule has 0 saturated heterocycles. The molecule has 1 aromatic heterocycles. The van der Waals surface area contributed by atoms with Gasteiger partial charge in [0.15, 0.2) is 0 Å². The van der Waals surface area contributed by atoms with E-state index >= 15 is 0 Å². The van der Waals surface area contributed by atoms with Crippen molar-refractivity contribution < 1.29 is 0 Å². The number of rotatable bonds is 3.